The molecule has 5 nitrogen and oxygen atoms in total. The highest BCUT2D eigenvalue weighted by Gasteiger charge is 2.21. The van der Waals surface area contributed by atoms with Gasteiger partial charge in [0, 0.05) is 11.6 Å². The quantitative estimate of drug-likeness (QED) is 0.626. The van der Waals surface area contributed by atoms with Crippen molar-refractivity contribution in [2.45, 2.75) is 20.3 Å². The van der Waals surface area contributed by atoms with E-state index in [4.69, 9.17) is 4.42 Å². The number of aromatic hydroxyl groups is 3. The molecule has 0 aliphatic heterocycles. The summed E-state index contributed by atoms with van der Waals surface area (Å²) in [5.74, 6) is -1.09. The highest BCUT2D eigenvalue weighted by atomic mass is 16.5. The fourth-order valence-corrected chi connectivity index (χ4v) is 2.72. The summed E-state index contributed by atoms with van der Waals surface area (Å²) >= 11 is 0. The molecule has 3 N–H and O–H groups in total. The van der Waals surface area contributed by atoms with Crippen LogP contribution in [0.25, 0.3) is 22.1 Å². The maximum Gasteiger partial charge on any atom is 0.294 e. The van der Waals surface area contributed by atoms with Crippen molar-refractivity contribution in [2.24, 2.45) is 0 Å². The Morgan fingerprint density at radius 1 is 1.12 bits per heavy atom. The monoisotopic (exact) mass is 338 g/mol. The predicted molar refractivity (Wildman–Crippen MR) is 96.0 cm³/mol. The molecule has 0 unspecified atom stereocenters. The molecular formula is C20H18O5. The van der Waals surface area contributed by atoms with Gasteiger partial charge in [-0.05, 0) is 25.8 Å². The van der Waals surface area contributed by atoms with Crippen molar-refractivity contribution in [3.05, 3.63) is 63.8 Å². The third-order valence-electron chi connectivity index (χ3n) is 4.00. The molecule has 0 aliphatic rings. The van der Waals surface area contributed by atoms with Crippen LogP contribution in [0.2, 0.25) is 0 Å². The second kappa shape index (κ2) is 6.36. The Labute approximate surface area is 144 Å². The molecule has 128 valence electrons. The number of phenols is 2. The molecule has 0 spiro atoms. The van der Waals surface area contributed by atoms with Crippen molar-refractivity contribution in [1.29, 1.82) is 0 Å². The van der Waals surface area contributed by atoms with Gasteiger partial charge in [0.1, 0.15) is 28.0 Å². The van der Waals surface area contributed by atoms with Crippen LogP contribution >= 0.6 is 0 Å². The summed E-state index contributed by atoms with van der Waals surface area (Å²) in [7, 11) is 0. The first-order valence-corrected chi connectivity index (χ1v) is 7.82. The summed E-state index contributed by atoms with van der Waals surface area (Å²) in [6, 6.07) is 9.82. The van der Waals surface area contributed by atoms with Gasteiger partial charge in [0.05, 0.1) is 0 Å². The summed E-state index contributed by atoms with van der Waals surface area (Å²) in [6.45, 7) is 3.80. The average Bonchev–Trinajstić information content (AvgIpc) is 2.54. The Hall–Kier alpha value is -3.21. The fraction of sp³-hybridized carbons (Fsp3) is 0.150. The Balaban J connectivity index is 2.34. The van der Waals surface area contributed by atoms with E-state index in [0.29, 0.717) is 5.56 Å². The zero-order valence-electron chi connectivity index (χ0n) is 13.9. The third kappa shape index (κ3) is 2.96. The topological polar surface area (TPSA) is 90.9 Å². The van der Waals surface area contributed by atoms with Crippen LogP contribution in [0.4, 0.5) is 0 Å². The molecule has 0 fully saturated rings. The molecule has 5 heteroatoms. The number of phenolic OH excluding ortho intramolecular Hbond substituents is 2. The van der Waals surface area contributed by atoms with E-state index in [1.807, 2.05) is 19.9 Å². The molecule has 0 amide bonds. The molecule has 0 saturated heterocycles. The van der Waals surface area contributed by atoms with Gasteiger partial charge in [-0.3, -0.25) is 4.79 Å². The predicted octanol–water partition coefficient (Wildman–Crippen LogP) is 4.09. The molecule has 0 saturated carbocycles. The van der Waals surface area contributed by atoms with Gasteiger partial charge in [-0.25, -0.2) is 0 Å². The fourth-order valence-electron chi connectivity index (χ4n) is 2.72. The zero-order chi connectivity index (χ0) is 18.1. The number of rotatable bonds is 3. The van der Waals surface area contributed by atoms with Crippen molar-refractivity contribution >= 4 is 11.0 Å². The number of hydrogen-bond donors (Lipinski definition) is 3. The van der Waals surface area contributed by atoms with Crippen molar-refractivity contribution in [2.75, 3.05) is 0 Å². The van der Waals surface area contributed by atoms with Crippen LogP contribution < -0.4 is 5.43 Å². The summed E-state index contributed by atoms with van der Waals surface area (Å²) in [4.78, 5) is 12.9. The van der Waals surface area contributed by atoms with Crippen LogP contribution in [0.3, 0.4) is 0 Å². The minimum absolute atomic E-state index is 0.0257. The molecule has 0 atom stereocenters. The largest absolute Gasteiger partial charge is 0.507 e. The van der Waals surface area contributed by atoms with Crippen LogP contribution in [0, 0.1) is 0 Å². The molecule has 1 aromatic heterocycles. The second-order valence-electron chi connectivity index (χ2n) is 6.06. The van der Waals surface area contributed by atoms with Crippen molar-refractivity contribution < 1.29 is 19.7 Å². The normalized spacial score (nSPS) is 10.8. The molecule has 0 aliphatic carbocycles. The maximum atomic E-state index is 12.9. The smallest absolute Gasteiger partial charge is 0.294 e. The first-order chi connectivity index (χ1) is 11.9. The molecule has 3 rings (SSSR count). The summed E-state index contributed by atoms with van der Waals surface area (Å²) in [6.07, 6.45) is 2.11. The van der Waals surface area contributed by atoms with Crippen molar-refractivity contribution in [1.82, 2.24) is 0 Å². The van der Waals surface area contributed by atoms with Gasteiger partial charge in [-0.2, -0.15) is 0 Å². The lowest BCUT2D eigenvalue weighted by Gasteiger charge is -2.11. The number of benzene rings is 2. The van der Waals surface area contributed by atoms with Crippen LogP contribution in [0.1, 0.15) is 19.4 Å². The molecule has 0 radical (unpaired) electrons. The molecule has 2 aromatic carbocycles. The van der Waals surface area contributed by atoms with E-state index in [2.05, 4.69) is 0 Å². The van der Waals surface area contributed by atoms with Crippen LogP contribution in [0.15, 0.2) is 57.3 Å². The second-order valence-corrected chi connectivity index (χ2v) is 6.06. The van der Waals surface area contributed by atoms with Gasteiger partial charge < -0.3 is 19.7 Å². The SMILES string of the molecule is CC(C)=CCc1c(O)cc2oc(O)c(-c3ccccc3)c(=O)c2c1O. The van der Waals surface area contributed by atoms with Gasteiger partial charge in [0.25, 0.3) is 5.95 Å². The third-order valence-corrected chi connectivity index (χ3v) is 4.00. The van der Waals surface area contributed by atoms with E-state index in [1.54, 1.807) is 30.3 Å². The van der Waals surface area contributed by atoms with E-state index >= 15 is 0 Å². The Morgan fingerprint density at radius 2 is 1.80 bits per heavy atom. The molecule has 3 aromatic rings. The summed E-state index contributed by atoms with van der Waals surface area (Å²) < 4.78 is 5.29. The van der Waals surface area contributed by atoms with E-state index in [0.717, 1.165) is 5.57 Å². The lowest BCUT2D eigenvalue weighted by Crippen LogP contribution is -2.06. The van der Waals surface area contributed by atoms with Crippen LogP contribution in [0.5, 0.6) is 17.4 Å². The molecule has 0 bridgehead atoms. The minimum Gasteiger partial charge on any atom is -0.507 e. The Kier molecular flexibility index (Phi) is 4.23. The van der Waals surface area contributed by atoms with E-state index < -0.39 is 11.4 Å². The summed E-state index contributed by atoms with van der Waals surface area (Å²) in [5, 5.41) is 30.8. The van der Waals surface area contributed by atoms with E-state index in [9.17, 15) is 20.1 Å². The van der Waals surface area contributed by atoms with Gasteiger partial charge in [-0.1, -0.05) is 42.0 Å². The lowest BCUT2D eigenvalue weighted by molar-refractivity contribution is 0.340. The van der Waals surface area contributed by atoms with E-state index in [-0.39, 0.29) is 40.0 Å². The maximum absolute atomic E-state index is 12.9. The van der Waals surface area contributed by atoms with Crippen LogP contribution in [-0.2, 0) is 6.42 Å². The highest BCUT2D eigenvalue weighted by molar-refractivity contribution is 5.91. The van der Waals surface area contributed by atoms with Gasteiger partial charge >= 0.3 is 0 Å². The highest BCUT2D eigenvalue weighted by Crippen LogP contribution is 2.38. The standard InChI is InChI=1S/C20H18O5/c1-11(2)8-9-13-14(21)10-15-17(18(13)22)19(23)16(20(24)25-15)12-6-4-3-5-7-12/h3-8,10,21-22,24H,9H2,1-2H3. The molecule has 25 heavy (non-hydrogen) atoms. The zero-order valence-corrected chi connectivity index (χ0v) is 13.9. The molecular weight excluding hydrogens is 320 g/mol. The number of fused-ring (bicyclic) bond motifs is 1. The minimum atomic E-state index is -0.556. The van der Waals surface area contributed by atoms with Crippen molar-refractivity contribution in [3.8, 4) is 28.6 Å². The number of hydrogen-bond acceptors (Lipinski definition) is 5. The van der Waals surface area contributed by atoms with Gasteiger partial charge in [0.2, 0.25) is 5.43 Å². The lowest BCUT2D eigenvalue weighted by atomic mass is 10.0. The first kappa shape index (κ1) is 16.6. The number of allylic oxidation sites excluding steroid dienone is 2. The van der Waals surface area contributed by atoms with Gasteiger partial charge in [0.15, 0.2) is 0 Å². The Morgan fingerprint density at radius 3 is 2.44 bits per heavy atom. The van der Waals surface area contributed by atoms with E-state index in [1.165, 1.54) is 6.07 Å². The van der Waals surface area contributed by atoms with Crippen molar-refractivity contribution in [3.63, 3.8) is 0 Å². The average molecular weight is 338 g/mol. The summed E-state index contributed by atoms with van der Waals surface area (Å²) in [5.41, 5.74) is 1.09. The van der Waals surface area contributed by atoms with Gasteiger partial charge in [-0.15, -0.1) is 0 Å². The van der Waals surface area contributed by atoms with Crippen LogP contribution in [-0.4, -0.2) is 15.3 Å². The molecule has 1 heterocycles. The first-order valence-electron chi connectivity index (χ1n) is 7.82. The Bertz CT molecular complexity index is 1030.